The van der Waals surface area contributed by atoms with Gasteiger partial charge >= 0.3 is 5.97 Å². The molecule has 3 aromatic rings. The zero-order valence-corrected chi connectivity index (χ0v) is 15.6. The molecule has 136 valence electrons. The van der Waals surface area contributed by atoms with Crippen LogP contribution >= 0.6 is 11.8 Å². The van der Waals surface area contributed by atoms with Crippen LogP contribution in [0.1, 0.15) is 23.7 Å². The molecule has 0 spiro atoms. The molecule has 0 aliphatic heterocycles. The van der Waals surface area contributed by atoms with E-state index in [1.807, 2.05) is 29.8 Å². The van der Waals surface area contributed by atoms with Gasteiger partial charge in [-0.15, -0.1) is 0 Å². The van der Waals surface area contributed by atoms with E-state index in [1.165, 1.54) is 0 Å². The van der Waals surface area contributed by atoms with Gasteiger partial charge in [-0.25, -0.2) is 19.7 Å². The maximum Gasteiger partial charge on any atom is 0.338 e. The third-order valence-corrected chi connectivity index (χ3v) is 4.74. The summed E-state index contributed by atoms with van der Waals surface area (Å²) in [7, 11) is 1.82. The number of carbonyl (C=O) groups excluding carboxylic acids is 1. The van der Waals surface area contributed by atoms with Crippen LogP contribution in [0.25, 0.3) is 11.2 Å². The van der Waals surface area contributed by atoms with Crippen LogP contribution in [0.4, 0.5) is 5.82 Å². The highest BCUT2D eigenvalue weighted by atomic mass is 32.2. The molecule has 0 unspecified atom stereocenters. The summed E-state index contributed by atoms with van der Waals surface area (Å²) >= 11 is 1.61. The molecule has 0 atom stereocenters. The van der Waals surface area contributed by atoms with Gasteiger partial charge in [-0.3, -0.25) is 0 Å². The molecule has 7 nitrogen and oxygen atoms in total. The first-order chi connectivity index (χ1) is 12.7. The summed E-state index contributed by atoms with van der Waals surface area (Å²) in [6.45, 7) is 2.85. The number of hydrogen-bond donors (Lipinski definition) is 1. The lowest BCUT2D eigenvalue weighted by molar-refractivity contribution is 0.0492. The van der Waals surface area contributed by atoms with Crippen molar-refractivity contribution in [3.8, 4) is 0 Å². The number of benzene rings is 1. The highest BCUT2D eigenvalue weighted by molar-refractivity contribution is 7.99. The number of esters is 1. The van der Waals surface area contributed by atoms with Gasteiger partial charge in [-0.1, -0.05) is 36.9 Å². The van der Waals surface area contributed by atoms with Gasteiger partial charge in [0.15, 0.2) is 16.6 Å². The van der Waals surface area contributed by atoms with Crippen molar-refractivity contribution in [1.29, 1.82) is 0 Å². The second kappa shape index (κ2) is 8.66. The minimum Gasteiger partial charge on any atom is -0.460 e. The Hall–Kier alpha value is -2.61. The van der Waals surface area contributed by atoms with Crippen molar-refractivity contribution in [3.63, 3.8) is 0 Å². The van der Waals surface area contributed by atoms with E-state index in [2.05, 4.69) is 27.2 Å². The molecule has 26 heavy (non-hydrogen) atoms. The Morgan fingerprint density at radius 1 is 1.27 bits per heavy atom. The topological polar surface area (TPSA) is 81.9 Å². The van der Waals surface area contributed by atoms with E-state index < -0.39 is 0 Å². The molecule has 0 bridgehead atoms. The molecule has 3 rings (SSSR count). The normalized spacial score (nSPS) is 10.8. The van der Waals surface area contributed by atoms with Crippen molar-refractivity contribution < 1.29 is 9.53 Å². The average Bonchev–Trinajstić information content (AvgIpc) is 3.09. The largest absolute Gasteiger partial charge is 0.460 e. The zero-order valence-electron chi connectivity index (χ0n) is 14.8. The monoisotopic (exact) mass is 371 g/mol. The van der Waals surface area contributed by atoms with E-state index in [0.29, 0.717) is 28.6 Å². The molecule has 8 heteroatoms. The van der Waals surface area contributed by atoms with E-state index >= 15 is 0 Å². The van der Waals surface area contributed by atoms with Crippen LogP contribution in [0.3, 0.4) is 0 Å². The van der Waals surface area contributed by atoms with Gasteiger partial charge < -0.3 is 14.6 Å². The number of rotatable bonds is 8. The number of anilines is 1. The van der Waals surface area contributed by atoms with Crippen molar-refractivity contribution in [2.24, 2.45) is 0 Å². The maximum atomic E-state index is 12.0. The number of hydrogen-bond acceptors (Lipinski definition) is 7. The number of fused-ring (bicyclic) bond motifs is 1. The van der Waals surface area contributed by atoms with E-state index in [-0.39, 0.29) is 12.6 Å². The van der Waals surface area contributed by atoms with E-state index in [0.717, 1.165) is 17.8 Å². The Morgan fingerprint density at radius 3 is 2.81 bits per heavy atom. The molecule has 0 aliphatic rings. The smallest absolute Gasteiger partial charge is 0.338 e. The Morgan fingerprint density at radius 2 is 2.08 bits per heavy atom. The fraction of sp³-hybridized carbons (Fsp3) is 0.333. The molecule has 0 aliphatic carbocycles. The summed E-state index contributed by atoms with van der Waals surface area (Å²) in [5.41, 5.74) is 1.99. The lowest BCUT2D eigenvalue weighted by Crippen LogP contribution is -2.11. The molecular formula is C18H21N5O2S. The first kappa shape index (κ1) is 18.2. The van der Waals surface area contributed by atoms with Crippen molar-refractivity contribution >= 4 is 34.7 Å². The first-order valence-electron chi connectivity index (χ1n) is 8.48. The van der Waals surface area contributed by atoms with Gasteiger partial charge in [0.2, 0.25) is 0 Å². The van der Waals surface area contributed by atoms with Crippen LogP contribution < -0.4 is 5.32 Å². The Kier molecular flexibility index (Phi) is 6.06. The van der Waals surface area contributed by atoms with Crippen molar-refractivity contribution in [1.82, 2.24) is 19.5 Å². The predicted octanol–water partition coefficient (Wildman–Crippen LogP) is 3.23. The molecule has 2 heterocycles. The van der Waals surface area contributed by atoms with Gasteiger partial charge in [0, 0.05) is 12.8 Å². The lowest BCUT2D eigenvalue weighted by Gasteiger charge is -2.08. The van der Waals surface area contributed by atoms with E-state index in [4.69, 9.17) is 4.74 Å². The molecule has 2 aromatic heterocycles. The minimum absolute atomic E-state index is 0.246. The van der Waals surface area contributed by atoms with E-state index in [1.54, 1.807) is 30.2 Å². The van der Waals surface area contributed by atoms with Crippen molar-refractivity contribution in [2.75, 3.05) is 24.7 Å². The summed E-state index contributed by atoms with van der Waals surface area (Å²) in [4.78, 5) is 25.5. The second-order valence-corrected chi connectivity index (χ2v) is 6.63. The van der Waals surface area contributed by atoms with Gasteiger partial charge in [0.25, 0.3) is 0 Å². The Balaban J connectivity index is 1.72. The van der Waals surface area contributed by atoms with Gasteiger partial charge in [0.05, 0.1) is 18.4 Å². The lowest BCUT2D eigenvalue weighted by atomic mass is 10.2. The van der Waals surface area contributed by atoms with Crippen molar-refractivity contribution in [3.05, 3.63) is 42.2 Å². The zero-order chi connectivity index (χ0) is 18.4. The Bertz CT molecular complexity index is 882. The Labute approximate surface area is 156 Å². The molecule has 0 fully saturated rings. The standard InChI is InChI=1S/C18H21N5O2S/c1-3-11-26-18-21-15(19-2)14-16(22-18)23(12-20-14)9-10-25-17(24)13-7-5-4-6-8-13/h4-8,12H,3,9-11H2,1-2H3,(H,19,21,22). The molecular weight excluding hydrogens is 350 g/mol. The number of carbonyl (C=O) groups is 1. The minimum atomic E-state index is -0.334. The number of nitrogens with one attached hydrogen (secondary N) is 1. The summed E-state index contributed by atoms with van der Waals surface area (Å²) in [6.07, 6.45) is 2.75. The van der Waals surface area contributed by atoms with Crippen LogP contribution in [0.2, 0.25) is 0 Å². The predicted molar refractivity (Wildman–Crippen MR) is 103 cm³/mol. The molecule has 0 amide bonds. The molecule has 1 N–H and O–H groups in total. The van der Waals surface area contributed by atoms with Crippen molar-refractivity contribution in [2.45, 2.75) is 25.0 Å². The summed E-state index contributed by atoms with van der Waals surface area (Å²) in [5, 5.41) is 3.78. The third-order valence-electron chi connectivity index (χ3n) is 3.69. The molecule has 1 aromatic carbocycles. The number of thioether (sulfide) groups is 1. The average molecular weight is 371 g/mol. The summed E-state index contributed by atoms with van der Waals surface area (Å²) < 4.78 is 7.23. The number of ether oxygens (including phenoxy) is 1. The molecule has 0 saturated heterocycles. The van der Waals surface area contributed by atoms with Crippen LogP contribution in [-0.4, -0.2) is 44.9 Å². The molecule has 0 radical (unpaired) electrons. The van der Waals surface area contributed by atoms with Crippen LogP contribution in [0.5, 0.6) is 0 Å². The first-order valence-corrected chi connectivity index (χ1v) is 9.47. The van der Waals surface area contributed by atoms with Gasteiger partial charge in [0.1, 0.15) is 12.1 Å². The highest BCUT2D eigenvalue weighted by Crippen LogP contribution is 2.23. The molecule has 0 saturated carbocycles. The SMILES string of the molecule is CCCSc1nc(NC)c2ncn(CCOC(=O)c3ccccc3)c2n1. The third kappa shape index (κ3) is 4.13. The summed E-state index contributed by atoms with van der Waals surface area (Å²) in [6, 6.07) is 8.95. The number of nitrogens with zero attached hydrogens (tertiary/aromatic N) is 4. The van der Waals surface area contributed by atoms with Crippen LogP contribution in [0, 0.1) is 0 Å². The second-order valence-electron chi connectivity index (χ2n) is 5.57. The number of imidazole rings is 1. The van der Waals surface area contributed by atoms with Crippen LogP contribution in [0.15, 0.2) is 41.8 Å². The summed E-state index contributed by atoms with van der Waals surface area (Å²) in [5.74, 6) is 1.32. The maximum absolute atomic E-state index is 12.0. The van der Waals surface area contributed by atoms with Gasteiger partial charge in [-0.2, -0.15) is 0 Å². The van der Waals surface area contributed by atoms with Crippen LogP contribution in [-0.2, 0) is 11.3 Å². The van der Waals surface area contributed by atoms with Gasteiger partial charge in [-0.05, 0) is 18.6 Å². The quantitative estimate of drug-likeness (QED) is 0.370. The highest BCUT2D eigenvalue weighted by Gasteiger charge is 2.13. The van der Waals surface area contributed by atoms with E-state index in [9.17, 15) is 4.79 Å². The fourth-order valence-corrected chi connectivity index (χ4v) is 3.11. The fourth-order valence-electron chi connectivity index (χ4n) is 2.41. The number of aromatic nitrogens is 4.